The van der Waals surface area contributed by atoms with Crippen molar-refractivity contribution in [3.8, 4) is 5.75 Å². The molecule has 1 rings (SSSR count). The van der Waals surface area contributed by atoms with E-state index in [4.69, 9.17) is 4.74 Å². The lowest BCUT2D eigenvalue weighted by Gasteiger charge is -2.04. The summed E-state index contributed by atoms with van der Waals surface area (Å²) in [6.07, 6.45) is 1.24. The number of carbonyl (C=O) groups is 2. The third-order valence-electron chi connectivity index (χ3n) is 2.26. The SMILES string of the molecule is CNC(=O)Oc1ccc(/C=C(\C)C(=O)NC)cc1. The summed E-state index contributed by atoms with van der Waals surface area (Å²) in [5.41, 5.74) is 1.47. The van der Waals surface area contributed by atoms with E-state index in [1.165, 1.54) is 7.05 Å². The Morgan fingerprint density at radius 1 is 1.11 bits per heavy atom. The molecule has 0 aliphatic rings. The predicted molar refractivity (Wildman–Crippen MR) is 69.2 cm³/mol. The van der Waals surface area contributed by atoms with Gasteiger partial charge in [-0.3, -0.25) is 4.79 Å². The van der Waals surface area contributed by atoms with E-state index >= 15 is 0 Å². The molecule has 1 aromatic rings. The molecule has 0 aliphatic carbocycles. The number of hydrogen-bond donors (Lipinski definition) is 2. The van der Waals surface area contributed by atoms with Crippen molar-refractivity contribution < 1.29 is 14.3 Å². The summed E-state index contributed by atoms with van der Waals surface area (Å²) < 4.78 is 4.94. The fourth-order valence-electron chi connectivity index (χ4n) is 1.30. The molecule has 1 aromatic carbocycles. The monoisotopic (exact) mass is 248 g/mol. The molecule has 0 unspecified atom stereocenters. The molecule has 0 spiro atoms. The summed E-state index contributed by atoms with van der Waals surface area (Å²) in [4.78, 5) is 22.3. The van der Waals surface area contributed by atoms with E-state index in [-0.39, 0.29) is 5.91 Å². The van der Waals surface area contributed by atoms with Gasteiger partial charge in [0.05, 0.1) is 0 Å². The van der Waals surface area contributed by atoms with Crippen LogP contribution in [0.3, 0.4) is 0 Å². The highest BCUT2D eigenvalue weighted by atomic mass is 16.5. The minimum atomic E-state index is -0.514. The van der Waals surface area contributed by atoms with Gasteiger partial charge in [0.25, 0.3) is 0 Å². The van der Waals surface area contributed by atoms with Crippen LogP contribution in [0.1, 0.15) is 12.5 Å². The molecule has 0 radical (unpaired) electrons. The average Bonchev–Trinajstić information content (AvgIpc) is 2.39. The molecule has 0 saturated carbocycles. The van der Waals surface area contributed by atoms with Crippen LogP contribution in [0.15, 0.2) is 29.8 Å². The van der Waals surface area contributed by atoms with Crippen LogP contribution in [-0.4, -0.2) is 26.1 Å². The lowest BCUT2D eigenvalue weighted by atomic mass is 10.1. The maximum atomic E-state index is 11.3. The van der Waals surface area contributed by atoms with Gasteiger partial charge in [0.2, 0.25) is 5.91 Å². The lowest BCUT2D eigenvalue weighted by Crippen LogP contribution is -2.21. The zero-order chi connectivity index (χ0) is 13.5. The van der Waals surface area contributed by atoms with Gasteiger partial charge in [-0.2, -0.15) is 0 Å². The van der Waals surface area contributed by atoms with Gasteiger partial charge >= 0.3 is 6.09 Å². The molecule has 96 valence electrons. The largest absolute Gasteiger partial charge is 0.412 e. The highest BCUT2D eigenvalue weighted by Gasteiger charge is 2.02. The minimum absolute atomic E-state index is 0.124. The minimum Gasteiger partial charge on any atom is -0.410 e. The Labute approximate surface area is 106 Å². The van der Waals surface area contributed by atoms with E-state index in [2.05, 4.69) is 10.6 Å². The second-order valence-electron chi connectivity index (χ2n) is 3.62. The first-order chi connectivity index (χ1) is 8.56. The second-order valence-corrected chi connectivity index (χ2v) is 3.62. The normalized spacial score (nSPS) is 10.7. The predicted octanol–water partition coefficient (Wildman–Crippen LogP) is 1.55. The van der Waals surface area contributed by atoms with Crippen molar-refractivity contribution in [1.29, 1.82) is 0 Å². The van der Waals surface area contributed by atoms with E-state index in [1.54, 1.807) is 44.3 Å². The van der Waals surface area contributed by atoms with Crippen molar-refractivity contribution in [3.05, 3.63) is 35.4 Å². The van der Waals surface area contributed by atoms with Crippen molar-refractivity contribution in [2.75, 3.05) is 14.1 Å². The Morgan fingerprint density at radius 3 is 2.22 bits per heavy atom. The van der Waals surface area contributed by atoms with Crippen molar-refractivity contribution in [3.63, 3.8) is 0 Å². The number of benzene rings is 1. The van der Waals surface area contributed by atoms with Gasteiger partial charge in [-0.05, 0) is 30.7 Å². The molecule has 5 nitrogen and oxygen atoms in total. The van der Waals surface area contributed by atoms with Crippen LogP contribution >= 0.6 is 0 Å². The van der Waals surface area contributed by atoms with Gasteiger partial charge in [0.15, 0.2) is 0 Å². The molecule has 0 bridgehead atoms. The molecular weight excluding hydrogens is 232 g/mol. The fraction of sp³-hybridized carbons (Fsp3) is 0.231. The van der Waals surface area contributed by atoms with Crippen molar-refractivity contribution >= 4 is 18.1 Å². The van der Waals surface area contributed by atoms with Gasteiger partial charge < -0.3 is 15.4 Å². The highest BCUT2D eigenvalue weighted by molar-refractivity contribution is 5.97. The summed E-state index contributed by atoms with van der Waals surface area (Å²) in [7, 11) is 3.08. The molecule has 0 fully saturated rings. The van der Waals surface area contributed by atoms with Crippen molar-refractivity contribution in [2.24, 2.45) is 0 Å². The number of amides is 2. The summed E-state index contributed by atoms with van der Waals surface area (Å²) in [6, 6.07) is 6.87. The van der Waals surface area contributed by atoms with E-state index in [1.807, 2.05) is 0 Å². The number of rotatable bonds is 3. The quantitative estimate of drug-likeness (QED) is 0.797. The Hall–Kier alpha value is -2.30. The number of nitrogens with one attached hydrogen (secondary N) is 2. The van der Waals surface area contributed by atoms with Crippen LogP contribution < -0.4 is 15.4 Å². The van der Waals surface area contributed by atoms with Gasteiger partial charge in [0.1, 0.15) is 5.75 Å². The maximum absolute atomic E-state index is 11.3. The number of ether oxygens (including phenoxy) is 1. The molecule has 18 heavy (non-hydrogen) atoms. The molecule has 0 heterocycles. The van der Waals surface area contributed by atoms with Crippen molar-refractivity contribution in [2.45, 2.75) is 6.92 Å². The number of carbonyl (C=O) groups excluding carboxylic acids is 2. The van der Waals surface area contributed by atoms with E-state index < -0.39 is 6.09 Å². The van der Waals surface area contributed by atoms with E-state index in [0.29, 0.717) is 11.3 Å². The summed E-state index contributed by atoms with van der Waals surface area (Å²) >= 11 is 0. The first kappa shape index (κ1) is 13.8. The molecule has 2 N–H and O–H groups in total. The van der Waals surface area contributed by atoms with Gasteiger partial charge in [-0.25, -0.2) is 4.79 Å². The molecule has 0 atom stereocenters. The van der Waals surface area contributed by atoms with Gasteiger partial charge in [-0.1, -0.05) is 12.1 Å². The van der Waals surface area contributed by atoms with Crippen LogP contribution in [0.4, 0.5) is 4.79 Å². The third kappa shape index (κ3) is 3.93. The van der Waals surface area contributed by atoms with Gasteiger partial charge in [0, 0.05) is 19.7 Å². The van der Waals surface area contributed by atoms with Crippen LogP contribution in [0.2, 0.25) is 0 Å². The molecule has 5 heteroatoms. The topological polar surface area (TPSA) is 67.4 Å². The number of likely N-dealkylation sites (N-methyl/N-ethyl adjacent to an activating group) is 1. The van der Waals surface area contributed by atoms with Crippen LogP contribution in [0.5, 0.6) is 5.75 Å². The standard InChI is InChI=1S/C13H16N2O3/c1-9(12(16)14-2)8-10-4-6-11(7-5-10)18-13(17)15-3/h4-8H,1-3H3,(H,14,16)(H,15,17)/b9-8+. The maximum Gasteiger partial charge on any atom is 0.412 e. The fourth-order valence-corrected chi connectivity index (χ4v) is 1.30. The van der Waals surface area contributed by atoms with E-state index in [0.717, 1.165) is 5.56 Å². The molecule has 0 saturated heterocycles. The molecule has 0 aliphatic heterocycles. The Morgan fingerprint density at radius 2 is 1.72 bits per heavy atom. The lowest BCUT2D eigenvalue weighted by molar-refractivity contribution is -0.116. The van der Waals surface area contributed by atoms with E-state index in [9.17, 15) is 9.59 Å². The molecule has 2 amide bonds. The van der Waals surface area contributed by atoms with Crippen LogP contribution in [0, 0.1) is 0 Å². The highest BCUT2D eigenvalue weighted by Crippen LogP contribution is 2.14. The average molecular weight is 248 g/mol. The zero-order valence-electron chi connectivity index (χ0n) is 10.6. The van der Waals surface area contributed by atoms with Gasteiger partial charge in [-0.15, -0.1) is 0 Å². The Bertz CT molecular complexity index is 464. The van der Waals surface area contributed by atoms with Crippen LogP contribution in [0.25, 0.3) is 6.08 Å². The summed E-state index contributed by atoms with van der Waals surface area (Å²) in [5.74, 6) is 0.324. The number of hydrogen-bond acceptors (Lipinski definition) is 3. The summed E-state index contributed by atoms with van der Waals surface area (Å²) in [6.45, 7) is 1.73. The molecule has 0 aromatic heterocycles. The first-order valence-electron chi connectivity index (χ1n) is 5.47. The van der Waals surface area contributed by atoms with Crippen molar-refractivity contribution in [1.82, 2.24) is 10.6 Å². The first-order valence-corrected chi connectivity index (χ1v) is 5.47. The summed E-state index contributed by atoms with van der Waals surface area (Å²) in [5, 5.41) is 4.90. The molecular formula is C13H16N2O3. The Balaban J connectivity index is 2.77. The third-order valence-corrected chi connectivity index (χ3v) is 2.26. The Kier molecular flexibility index (Phi) is 4.92. The second kappa shape index (κ2) is 6.44. The zero-order valence-corrected chi connectivity index (χ0v) is 10.6. The van der Waals surface area contributed by atoms with Crippen LogP contribution in [-0.2, 0) is 4.79 Å². The smallest absolute Gasteiger partial charge is 0.410 e.